The predicted molar refractivity (Wildman–Crippen MR) is 117 cm³/mol. The summed E-state index contributed by atoms with van der Waals surface area (Å²) in [4.78, 5) is 24.7. The molecule has 0 radical (unpaired) electrons. The molecule has 0 heterocycles. The molecule has 0 bridgehead atoms. The highest BCUT2D eigenvalue weighted by atomic mass is 35.5. The van der Waals surface area contributed by atoms with Gasteiger partial charge in [0.25, 0.3) is 5.91 Å². The molecule has 0 atom stereocenters. The highest BCUT2D eigenvalue weighted by Gasteiger charge is 2.16. The van der Waals surface area contributed by atoms with E-state index in [1.807, 2.05) is 44.2 Å². The normalized spacial score (nSPS) is 10.4. The lowest BCUT2D eigenvalue weighted by Gasteiger charge is -2.13. The Labute approximate surface area is 180 Å². The average Bonchev–Trinajstić information content (AvgIpc) is 2.75. The number of para-hydroxylation sites is 1. The van der Waals surface area contributed by atoms with Gasteiger partial charge in [0.2, 0.25) is 0 Å². The van der Waals surface area contributed by atoms with Crippen LogP contribution in [0.1, 0.15) is 27.0 Å². The van der Waals surface area contributed by atoms with Crippen LogP contribution in [0.25, 0.3) is 0 Å². The predicted octanol–water partition coefficient (Wildman–Crippen LogP) is 5.33. The molecule has 0 saturated carbocycles. The lowest BCUT2D eigenvalue weighted by atomic mass is 10.1. The molecule has 0 unspecified atom stereocenters. The number of anilines is 1. The summed E-state index contributed by atoms with van der Waals surface area (Å²) in [5, 5.41) is 3.35. The van der Waals surface area contributed by atoms with Crippen LogP contribution in [0.15, 0.2) is 66.7 Å². The minimum absolute atomic E-state index is 0.205. The number of carbonyl (C=O) groups is 2. The maximum absolute atomic E-state index is 12.5. The highest BCUT2D eigenvalue weighted by molar-refractivity contribution is 6.31. The van der Waals surface area contributed by atoms with Gasteiger partial charge in [-0.15, -0.1) is 0 Å². The van der Waals surface area contributed by atoms with Gasteiger partial charge in [-0.25, -0.2) is 4.79 Å². The zero-order chi connectivity index (χ0) is 21.5. The van der Waals surface area contributed by atoms with Crippen LogP contribution in [-0.4, -0.2) is 18.5 Å². The summed E-state index contributed by atoms with van der Waals surface area (Å²) in [7, 11) is 0. The zero-order valence-corrected chi connectivity index (χ0v) is 17.5. The van der Waals surface area contributed by atoms with Crippen LogP contribution in [0.2, 0.25) is 5.02 Å². The van der Waals surface area contributed by atoms with Crippen molar-refractivity contribution < 1.29 is 19.1 Å². The number of ether oxygens (including phenoxy) is 2. The molecule has 3 rings (SSSR count). The van der Waals surface area contributed by atoms with Crippen molar-refractivity contribution in [2.45, 2.75) is 20.5 Å². The highest BCUT2D eigenvalue weighted by Crippen LogP contribution is 2.23. The van der Waals surface area contributed by atoms with Crippen molar-refractivity contribution in [3.8, 4) is 5.75 Å². The fourth-order valence-electron chi connectivity index (χ4n) is 2.81. The lowest BCUT2D eigenvalue weighted by molar-refractivity contribution is -0.119. The number of hydrogen-bond donors (Lipinski definition) is 1. The molecule has 154 valence electrons. The minimum Gasteiger partial charge on any atom is -0.488 e. The number of benzene rings is 3. The van der Waals surface area contributed by atoms with Crippen molar-refractivity contribution in [2.24, 2.45) is 0 Å². The Morgan fingerprint density at radius 1 is 0.933 bits per heavy atom. The van der Waals surface area contributed by atoms with Crippen LogP contribution in [-0.2, 0) is 16.1 Å². The van der Waals surface area contributed by atoms with Gasteiger partial charge in [-0.05, 0) is 49.2 Å². The van der Waals surface area contributed by atoms with Crippen LogP contribution in [0.3, 0.4) is 0 Å². The second-order valence-corrected chi connectivity index (χ2v) is 7.16. The van der Waals surface area contributed by atoms with Gasteiger partial charge in [-0.1, -0.05) is 54.1 Å². The fraction of sp³-hybridized carbons (Fsp3) is 0.167. The van der Waals surface area contributed by atoms with Crippen LogP contribution >= 0.6 is 11.6 Å². The molecule has 1 N–H and O–H groups in total. The van der Waals surface area contributed by atoms with E-state index in [9.17, 15) is 9.59 Å². The first-order valence-corrected chi connectivity index (χ1v) is 9.82. The van der Waals surface area contributed by atoms with Crippen molar-refractivity contribution in [3.05, 3.63) is 94.0 Å². The number of nitrogens with one attached hydrogen (secondary N) is 1. The Bertz CT molecular complexity index is 1060. The summed E-state index contributed by atoms with van der Waals surface area (Å²) in [5.41, 5.74) is 3.77. The number of esters is 1. The van der Waals surface area contributed by atoms with Crippen molar-refractivity contribution in [2.75, 3.05) is 11.9 Å². The first-order valence-electron chi connectivity index (χ1n) is 9.44. The van der Waals surface area contributed by atoms with E-state index in [0.29, 0.717) is 16.5 Å². The Kier molecular flexibility index (Phi) is 7.09. The van der Waals surface area contributed by atoms with Gasteiger partial charge in [-0.3, -0.25) is 4.79 Å². The average molecular weight is 424 g/mol. The van der Waals surface area contributed by atoms with E-state index in [0.717, 1.165) is 16.7 Å². The monoisotopic (exact) mass is 423 g/mol. The van der Waals surface area contributed by atoms with Gasteiger partial charge >= 0.3 is 5.97 Å². The topological polar surface area (TPSA) is 64.6 Å². The van der Waals surface area contributed by atoms with E-state index < -0.39 is 18.5 Å². The second-order valence-electron chi connectivity index (χ2n) is 6.75. The third-order valence-electron chi connectivity index (χ3n) is 4.66. The summed E-state index contributed by atoms with van der Waals surface area (Å²) >= 11 is 6.15. The molecule has 0 aliphatic heterocycles. The quantitative estimate of drug-likeness (QED) is 0.521. The molecule has 0 aliphatic carbocycles. The Morgan fingerprint density at radius 2 is 1.67 bits per heavy atom. The van der Waals surface area contributed by atoms with E-state index >= 15 is 0 Å². The first-order chi connectivity index (χ1) is 14.5. The van der Waals surface area contributed by atoms with Crippen molar-refractivity contribution >= 4 is 29.2 Å². The summed E-state index contributed by atoms with van der Waals surface area (Å²) in [6.07, 6.45) is 0. The Hall–Kier alpha value is -3.31. The molecule has 1 amide bonds. The first kappa shape index (κ1) is 21.4. The number of rotatable bonds is 7. The maximum Gasteiger partial charge on any atom is 0.342 e. The summed E-state index contributed by atoms with van der Waals surface area (Å²) in [6, 6.07) is 19.7. The van der Waals surface area contributed by atoms with E-state index in [1.165, 1.54) is 0 Å². The zero-order valence-electron chi connectivity index (χ0n) is 16.8. The van der Waals surface area contributed by atoms with Crippen molar-refractivity contribution in [3.63, 3.8) is 0 Å². The third-order valence-corrected chi connectivity index (χ3v) is 5.03. The van der Waals surface area contributed by atoms with Crippen LogP contribution in [0, 0.1) is 13.8 Å². The molecule has 5 nitrogen and oxygen atoms in total. The van der Waals surface area contributed by atoms with Gasteiger partial charge in [0.1, 0.15) is 17.9 Å². The number of carbonyl (C=O) groups excluding carboxylic acids is 2. The van der Waals surface area contributed by atoms with E-state index in [-0.39, 0.29) is 12.2 Å². The van der Waals surface area contributed by atoms with Crippen LogP contribution < -0.4 is 10.1 Å². The van der Waals surface area contributed by atoms with Gasteiger partial charge in [-0.2, -0.15) is 0 Å². The van der Waals surface area contributed by atoms with Gasteiger partial charge in [0, 0.05) is 16.3 Å². The molecule has 3 aromatic rings. The SMILES string of the molecule is Cc1cccc(NC(=O)COC(=O)c2ccccc2OCc2ccccc2Cl)c1C. The van der Waals surface area contributed by atoms with Gasteiger partial charge in [0.05, 0.1) is 0 Å². The fourth-order valence-corrected chi connectivity index (χ4v) is 3.00. The molecule has 30 heavy (non-hydrogen) atoms. The molecule has 6 heteroatoms. The molecule has 0 spiro atoms. The van der Waals surface area contributed by atoms with E-state index in [1.54, 1.807) is 36.4 Å². The van der Waals surface area contributed by atoms with E-state index in [2.05, 4.69) is 5.32 Å². The van der Waals surface area contributed by atoms with E-state index in [4.69, 9.17) is 21.1 Å². The number of aryl methyl sites for hydroxylation is 1. The summed E-state index contributed by atoms with van der Waals surface area (Å²) in [6.45, 7) is 3.69. The molecular formula is C24H22ClNO4. The second kappa shape index (κ2) is 9.94. The lowest BCUT2D eigenvalue weighted by Crippen LogP contribution is -2.21. The molecule has 0 saturated heterocycles. The minimum atomic E-state index is -0.638. The summed E-state index contributed by atoms with van der Waals surface area (Å²) < 4.78 is 11.0. The van der Waals surface area contributed by atoms with Crippen LogP contribution in [0.4, 0.5) is 5.69 Å². The largest absolute Gasteiger partial charge is 0.488 e. The molecule has 0 fully saturated rings. The number of amides is 1. The van der Waals surface area contributed by atoms with Crippen molar-refractivity contribution in [1.29, 1.82) is 0 Å². The van der Waals surface area contributed by atoms with Crippen LogP contribution in [0.5, 0.6) is 5.75 Å². The summed E-state index contributed by atoms with van der Waals surface area (Å²) in [5.74, 6) is -0.690. The standard InChI is InChI=1S/C24H22ClNO4/c1-16-8-7-12-21(17(16)2)26-23(27)15-30-24(28)19-10-4-6-13-22(19)29-14-18-9-3-5-11-20(18)25/h3-13H,14-15H2,1-2H3,(H,26,27). The Balaban J connectivity index is 1.61. The third kappa shape index (κ3) is 5.39. The maximum atomic E-state index is 12.5. The van der Waals surface area contributed by atoms with Gasteiger partial charge < -0.3 is 14.8 Å². The molecule has 3 aromatic carbocycles. The number of hydrogen-bond acceptors (Lipinski definition) is 4. The smallest absolute Gasteiger partial charge is 0.342 e. The Morgan fingerprint density at radius 3 is 2.47 bits per heavy atom. The van der Waals surface area contributed by atoms with Crippen molar-refractivity contribution in [1.82, 2.24) is 0 Å². The van der Waals surface area contributed by atoms with Gasteiger partial charge in [0.15, 0.2) is 6.61 Å². The molecular weight excluding hydrogens is 402 g/mol. The number of halogens is 1. The molecule has 0 aliphatic rings. The molecule has 0 aromatic heterocycles.